The number of hydrogen-bond donors (Lipinski definition) is 1. The van der Waals surface area contributed by atoms with Crippen LogP contribution in [0, 0.1) is 23.2 Å². The van der Waals surface area contributed by atoms with E-state index in [9.17, 15) is 14.9 Å². The highest BCUT2D eigenvalue weighted by Gasteiger charge is 2.50. The lowest BCUT2D eigenvalue weighted by molar-refractivity contribution is -0.241. The summed E-state index contributed by atoms with van der Waals surface area (Å²) in [4.78, 5) is 24.7. The maximum atomic E-state index is 12.4. The van der Waals surface area contributed by atoms with Gasteiger partial charge in [-0.2, -0.15) is 5.26 Å². The minimum atomic E-state index is -1.35. The van der Waals surface area contributed by atoms with E-state index in [0.29, 0.717) is 5.56 Å². The zero-order valence-corrected chi connectivity index (χ0v) is 15.4. The van der Waals surface area contributed by atoms with Crippen molar-refractivity contribution in [2.24, 2.45) is 17.6 Å². The highest BCUT2D eigenvalue weighted by Crippen LogP contribution is 2.38. The van der Waals surface area contributed by atoms with Gasteiger partial charge in [-0.1, -0.05) is 40.3 Å². The number of nitrogens with two attached hydrogens (primary N) is 1. The molecule has 1 saturated heterocycles. The van der Waals surface area contributed by atoms with Crippen LogP contribution in [-0.2, 0) is 19.1 Å². The van der Waals surface area contributed by atoms with Crippen molar-refractivity contribution < 1.29 is 19.1 Å². The summed E-state index contributed by atoms with van der Waals surface area (Å²) < 4.78 is 11.2. The molecule has 1 aliphatic rings. The molecule has 1 aliphatic heterocycles. The van der Waals surface area contributed by atoms with Crippen LogP contribution in [0.25, 0.3) is 0 Å². The second-order valence-electron chi connectivity index (χ2n) is 5.81. The van der Waals surface area contributed by atoms with Gasteiger partial charge >= 0.3 is 11.9 Å². The Balaban J connectivity index is 2.52. The first kappa shape index (κ1) is 18.4. The molecule has 0 bridgehead atoms. The van der Waals surface area contributed by atoms with Gasteiger partial charge in [0.15, 0.2) is 5.92 Å². The molecule has 6 nitrogen and oxygen atoms in total. The van der Waals surface area contributed by atoms with Crippen molar-refractivity contribution in [3.05, 3.63) is 34.3 Å². The van der Waals surface area contributed by atoms with Crippen LogP contribution in [0.4, 0.5) is 0 Å². The van der Waals surface area contributed by atoms with Crippen LogP contribution in [0.3, 0.4) is 0 Å². The van der Waals surface area contributed by atoms with Crippen molar-refractivity contribution in [2.45, 2.75) is 25.6 Å². The monoisotopic (exact) mass is 410 g/mol. The second kappa shape index (κ2) is 6.87. The molecule has 1 aromatic rings. The number of carbonyl (C=O) groups excluding carboxylic acids is 2. The first-order valence-corrected chi connectivity index (χ1v) is 8.26. The second-order valence-corrected chi connectivity index (χ2v) is 7.19. The standard InChI is InChI=1S/C16H15BrN2O4S/c1-16(2)22-14(20)12(15(21)23-16)11(10(7-18)13(19)24)8-3-5-9(17)6-4-8/h3-6,10-12H,1-2H3,(H2,19,24). The number of nitrogens with zero attached hydrogens (tertiary/aromatic N) is 1. The largest absolute Gasteiger partial charge is 0.422 e. The van der Waals surface area contributed by atoms with Gasteiger partial charge in [-0.15, -0.1) is 0 Å². The fourth-order valence-corrected chi connectivity index (χ4v) is 3.07. The predicted molar refractivity (Wildman–Crippen MR) is 92.5 cm³/mol. The average Bonchev–Trinajstić information content (AvgIpc) is 2.45. The van der Waals surface area contributed by atoms with Crippen molar-refractivity contribution >= 4 is 45.1 Å². The summed E-state index contributed by atoms with van der Waals surface area (Å²) in [6.45, 7) is 2.92. The first-order valence-electron chi connectivity index (χ1n) is 7.06. The lowest BCUT2D eigenvalue weighted by atomic mass is 9.76. The number of hydrogen-bond acceptors (Lipinski definition) is 6. The predicted octanol–water partition coefficient (Wildman–Crippen LogP) is 2.41. The molecular formula is C16H15BrN2O4S. The molecule has 0 amide bonds. The molecule has 0 aromatic heterocycles. The number of cyclic esters (lactones) is 2. The minimum absolute atomic E-state index is 0.101. The van der Waals surface area contributed by atoms with Gasteiger partial charge in [0.05, 0.1) is 11.1 Å². The maximum absolute atomic E-state index is 12.4. The summed E-state index contributed by atoms with van der Waals surface area (Å²) >= 11 is 8.27. The van der Waals surface area contributed by atoms with Gasteiger partial charge in [-0.05, 0) is 17.7 Å². The van der Waals surface area contributed by atoms with E-state index in [0.717, 1.165) is 4.47 Å². The van der Waals surface area contributed by atoms with Crippen LogP contribution in [0.15, 0.2) is 28.7 Å². The number of benzene rings is 1. The van der Waals surface area contributed by atoms with Gasteiger partial charge in [0, 0.05) is 24.2 Å². The molecule has 1 fully saturated rings. The van der Waals surface area contributed by atoms with Crippen LogP contribution >= 0.6 is 28.1 Å². The lowest BCUT2D eigenvalue weighted by Crippen LogP contribution is -2.50. The van der Waals surface area contributed by atoms with Gasteiger partial charge in [0.25, 0.3) is 5.79 Å². The molecule has 2 rings (SSSR count). The van der Waals surface area contributed by atoms with Crippen LogP contribution < -0.4 is 5.73 Å². The molecule has 1 heterocycles. The quantitative estimate of drug-likeness (QED) is 0.461. The Labute approximate surface area is 153 Å². The van der Waals surface area contributed by atoms with Crippen molar-refractivity contribution in [2.75, 3.05) is 0 Å². The molecule has 2 N–H and O–H groups in total. The van der Waals surface area contributed by atoms with Crippen LogP contribution in [0.5, 0.6) is 0 Å². The van der Waals surface area contributed by atoms with Gasteiger partial charge in [0.2, 0.25) is 0 Å². The van der Waals surface area contributed by atoms with Gasteiger partial charge in [-0.25, -0.2) is 0 Å². The molecule has 2 unspecified atom stereocenters. The molecular weight excluding hydrogens is 396 g/mol. The average molecular weight is 411 g/mol. The molecule has 0 saturated carbocycles. The van der Waals surface area contributed by atoms with Crippen molar-refractivity contribution in [1.29, 1.82) is 5.26 Å². The normalized spacial score (nSPS) is 19.6. The maximum Gasteiger partial charge on any atom is 0.324 e. The van der Waals surface area contributed by atoms with E-state index >= 15 is 0 Å². The number of thiocarbonyl (C=S) groups is 1. The van der Waals surface area contributed by atoms with E-state index in [-0.39, 0.29) is 4.99 Å². The molecule has 0 aliphatic carbocycles. The molecule has 0 radical (unpaired) electrons. The summed E-state index contributed by atoms with van der Waals surface area (Å²) in [5.41, 5.74) is 6.23. The third-order valence-electron chi connectivity index (χ3n) is 3.62. The molecule has 2 atom stereocenters. The number of ether oxygens (including phenoxy) is 2. The number of halogens is 1. The SMILES string of the molecule is CC1(C)OC(=O)C(C(c2ccc(Br)cc2)C(C#N)C(N)=S)C(=O)O1. The molecule has 24 heavy (non-hydrogen) atoms. The molecule has 126 valence electrons. The fraction of sp³-hybridized carbons (Fsp3) is 0.375. The number of carbonyl (C=O) groups is 2. The number of rotatable bonds is 4. The van der Waals surface area contributed by atoms with E-state index in [4.69, 9.17) is 27.4 Å². The van der Waals surface area contributed by atoms with Gasteiger partial charge in [0.1, 0.15) is 5.92 Å². The molecule has 8 heteroatoms. The van der Waals surface area contributed by atoms with Crippen molar-refractivity contribution in [1.82, 2.24) is 0 Å². The van der Waals surface area contributed by atoms with Gasteiger partial charge in [-0.3, -0.25) is 9.59 Å². The third kappa shape index (κ3) is 3.74. The Bertz CT molecular complexity index is 707. The van der Waals surface area contributed by atoms with Crippen LogP contribution in [0.1, 0.15) is 25.3 Å². The fourth-order valence-electron chi connectivity index (χ4n) is 2.60. The molecule has 1 aromatic carbocycles. The summed E-state index contributed by atoms with van der Waals surface area (Å²) in [6.07, 6.45) is 0. The number of nitriles is 1. The third-order valence-corrected chi connectivity index (χ3v) is 4.40. The minimum Gasteiger partial charge on any atom is -0.422 e. The summed E-state index contributed by atoms with van der Waals surface area (Å²) in [5.74, 6) is -6.10. The summed E-state index contributed by atoms with van der Waals surface area (Å²) in [7, 11) is 0. The van der Waals surface area contributed by atoms with Crippen molar-refractivity contribution in [3.8, 4) is 6.07 Å². The zero-order chi connectivity index (χ0) is 18.1. The smallest absolute Gasteiger partial charge is 0.324 e. The lowest BCUT2D eigenvalue weighted by Gasteiger charge is -2.37. The van der Waals surface area contributed by atoms with Crippen LogP contribution in [-0.4, -0.2) is 22.7 Å². The summed E-state index contributed by atoms with van der Waals surface area (Å²) in [6, 6.07) is 8.84. The number of esters is 2. The van der Waals surface area contributed by atoms with E-state index in [1.807, 2.05) is 6.07 Å². The Morgan fingerprint density at radius 1 is 1.29 bits per heavy atom. The summed E-state index contributed by atoms with van der Waals surface area (Å²) in [5, 5.41) is 9.46. The Hall–Kier alpha value is -1.98. The van der Waals surface area contributed by atoms with Gasteiger partial charge < -0.3 is 15.2 Å². The first-order chi connectivity index (χ1) is 11.2. The Morgan fingerprint density at radius 2 is 1.79 bits per heavy atom. The van der Waals surface area contributed by atoms with E-state index in [1.165, 1.54) is 13.8 Å². The highest BCUT2D eigenvalue weighted by molar-refractivity contribution is 9.10. The van der Waals surface area contributed by atoms with E-state index in [2.05, 4.69) is 15.9 Å². The Kier molecular flexibility index (Phi) is 5.26. The topological polar surface area (TPSA) is 102 Å². The molecule has 0 spiro atoms. The zero-order valence-electron chi connectivity index (χ0n) is 13.0. The van der Waals surface area contributed by atoms with Crippen LogP contribution in [0.2, 0.25) is 0 Å². The highest BCUT2D eigenvalue weighted by atomic mass is 79.9. The van der Waals surface area contributed by atoms with Crippen molar-refractivity contribution in [3.63, 3.8) is 0 Å². The van der Waals surface area contributed by atoms with E-state index < -0.39 is 35.5 Å². The van der Waals surface area contributed by atoms with E-state index in [1.54, 1.807) is 24.3 Å². The Morgan fingerprint density at radius 3 is 2.21 bits per heavy atom.